The van der Waals surface area contributed by atoms with E-state index in [9.17, 15) is 0 Å². The Morgan fingerprint density at radius 3 is 3.08 bits per heavy atom. The van der Waals surface area contributed by atoms with E-state index in [1.165, 1.54) is 0 Å². The van der Waals surface area contributed by atoms with Gasteiger partial charge < -0.3 is 4.42 Å². The fourth-order valence-corrected chi connectivity index (χ4v) is 1.08. The van der Waals surface area contributed by atoms with Crippen LogP contribution in [0.15, 0.2) is 16.7 Å². The standard InChI is InChI=1S/C7H7ClN4O/c8-3-1-6-11-12-7(13-6)5-2-4-9-10-5/h2,4H,1,3H2,(H,9,10). The molecule has 1 N–H and O–H groups in total. The minimum atomic E-state index is 0.442. The summed E-state index contributed by atoms with van der Waals surface area (Å²) in [5.74, 6) is 1.46. The summed E-state index contributed by atoms with van der Waals surface area (Å²) < 4.78 is 5.29. The Bertz CT molecular complexity index is 370. The molecule has 0 saturated heterocycles. The number of aromatic amines is 1. The maximum atomic E-state index is 5.52. The van der Waals surface area contributed by atoms with Gasteiger partial charge in [-0.15, -0.1) is 21.8 Å². The van der Waals surface area contributed by atoms with Crippen LogP contribution in [-0.4, -0.2) is 26.3 Å². The van der Waals surface area contributed by atoms with Crippen molar-refractivity contribution in [3.05, 3.63) is 18.2 Å². The highest BCUT2D eigenvalue weighted by Crippen LogP contribution is 2.13. The number of hydrogen-bond donors (Lipinski definition) is 1. The zero-order valence-corrected chi connectivity index (χ0v) is 7.45. The van der Waals surface area contributed by atoms with E-state index in [4.69, 9.17) is 16.0 Å². The van der Waals surface area contributed by atoms with Crippen molar-refractivity contribution in [2.75, 3.05) is 5.88 Å². The van der Waals surface area contributed by atoms with Gasteiger partial charge in [0.1, 0.15) is 5.69 Å². The largest absolute Gasteiger partial charge is 0.419 e. The molecule has 6 heteroatoms. The Morgan fingerprint density at radius 2 is 2.38 bits per heavy atom. The van der Waals surface area contributed by atoms with Crippen LogP contribution in [-0.2, 0) is 6.42 Å². The first-order valence-electron chi connectivity index (χ1n) is 3.78. The SMILES string of the molecule is ClCCc1nnc(-c2ccn[nH]2)o1. The van der Waals surface area contributed by atoms with Crippen molar-refractivity contribution >= 4 is 11.6 Å². The Morgan fingerprint density at radius 1 is 1.46 bits per heavy atom. The van der Waals surface area contributed by atoms with Gasteiger partial charge in [0.05, 0.1) is 0 Å². The Kier molecular flexibility index (Phi) is 2.27. The predicted molar refractivity (Wildman–Crippen MR) is 46.3 cm³/mol. The number of nitrogens with one attached hydrogen (secondary N) is 1. The molecule has 0 bridgehead atoms. The molecule has 0 atom stereocenters. The third kappa shape index (κ3) is 1.70. The maximum Gasteiger partial charge on any atom is 0.265 e. The zero-order chi connectivity index (χ0) is 9.10. The molecule has 2 heterocycles. The number of rotatable bonds is 3. The number of H-pyrrole nitrogens is 1. The van der Waals surface area contributed by atoms with Crippen LogP contribution in [0.25, 0.3) is 11.6 Å². The molecular weight excluding hydrogens is 192 g/mol. The third-order valence-electron chi connectivity index (χ3n) is 1.51. The normalized spacial score (nSPS) is 10.5. The summed E-state index contributed by atoms with van der Waals surface area (Å²) in [4.78, 5) is 0. The average molecular weight is 199 g/mol. The number of halogens is 1. The number of alkyl halides is 1. The van der Waals surface area contributed by atoms with Crippen molar-refractivity contribution in [3.63, 3.8) is 0 Å². The Hall–Kier alpha value is -1.36. The summed E-state index contributed by atoms with van der Waals surface area (Å²) >= 11 is 5.52. The molecule has 0 saturated carbocycles. The fraction of sp³-hybridized carbons (Fsp3) is 0.286. The molecule has 13 heavy (non-hydrogen) atoms. The van der Waals surface area contributed by atoms with Crippen LogP contribution in [0.1, 0.15) is 5.89 Å². The van der Waals surface area contributed by atoms with Crippen molar-refractivity contribution in [3.8, 4) is 11.6 Å². The molecule has 2 rings (SSSR count). The molecule has 0 aliphatic rings. The number of nitrogens with zero attached hydrogens (tertiary/aromatic N) is 3. The van der Waals surface area contributed by atoms with Gasteiger partial charge in [0.25, 0.3) is 5.89 Å². The minimum absolute atomic E-state index is 0.442. The van der Waals surface area contributed by atoms with Gasteiger partial charge in [0.2, 0.25) is 5.89 Å². The van der Waals surface area contributed by atoms with E-state index < -0.39 is 0 Å². The second kappa shape index (κ2) is 3.57. The van der Waals surface area contributed by atoms with Gasteiger partial charge in [-0.3, -0.25) is 5.10 Å². The monoisotopic (exact) mass is 198 g/mol. The van der Waals surface area contributed by atoms with E-state index in [1.807, 2.05) is 0 Å². The van der Waals surface area contributed by atoms with Gasteiger partial charge in [-0.25, -0.2) is 0 Å². The third-order valence-corrected chi connectivity index (χ3v) is 1.70. The van der Waals surface area contributed by atoms with Gasteiger partial charge in [0.15, 0.2) is 0 Å². The summed E-state index contributed by atoms with van der Waals surface area (Å²) in [6, 6.07) is 1.76. The van der Waals surface area contributed by atoms with Crippen molar-refractivity contribution in [2.45, 2.75) is 6.42 Å². The molecular formula is C7H7ClN4O. The highest BCUT2D eigenvalue weighted by molar-refractivity contribution is 6.17. The van der Waals surface area contributed by atoms with E-state index in [0.717, 1.165) is 0 Å². The van der Waals surface area contributed by atoms with Crippen LogP contribution >= 0.6 is 11.6 Å². The lowest BCUT2D eigenvalue weighted by molar-refractivity contribution is 0.512. The van der Waals surface area contributed by atoms with Crippen molar-refractivity contribution < 1.29 is 4.42 Å². The molecule has 2 aromatic heterocycles. The second-order valence-electron chi connectivity index (χ2n) is 2.41. The van der Waals surface area contributed by atoms with Crippen molar-refractivity contribution in [1.82, 2.24) is 20.4 Å². The predicted octanol–water partition coefficient (Wildman–Crippen LogP) is 1.24. The lowest BCUT2D eigenvalue weighted by Crippen LogP contribution is -1.84. The molecule has 0 fully saturated rings. The van der Waals surface area contributed by atoms with Crippen LogP contribution in [0.4, 0.5) is 0 Å². The summed E-state index contributed by atoms with van der Waals surface area (Å²) in [7, 11) is 0. The van der Waals surface area contributed by atoms with Crippen molar-refractivity contribution in [1.29, 1.82) is 0 Å². The lowest BCUT2D eigenvalue weighted by atomic mass is 10.4. The van der Waals surface area contributed by atoms with Gasteiger partial charge in [-0.2, -0.15) is 5.10 Å². The summed E-state index contributed by atoms with van der Waals surface area (Å²) in [6.45, 7) is 0. The molecule has 0 spiro atoms. The van der Waals surface area contributed by atoms with Crippen LogP contribution in [0, 0.1) is 0 Å². The first-order chi connectivity index (χ1) is 6.40. The van der Waals surface area contributed by atoms with E-state index in [-0.39, 0.29) is 0 Å². The van der Waals surface area contributed by atoms with Gasteiger partial charge in [0, 0.05) is 18.5 Å². The molecule has 0 radical (unpaired) electrons. The topological polar surface area (TPSA) is 67.6 Å². The Balaban J connectivity index is 2.23. The molecule has 0 aliphatic heterocycles. The molecule has 5 nitrogen and oxygen atoms in total. The first kappa shape index (κ1) is 8.25. The second-order valence-corrected chi connectivity index (χ2v) is 2.79. The van der Waals surface area contributed by atoms with E-state index in [1.54, 1.807) is 12.3 Å². The van der Waals surface area contributed by atoms with Gasteiger partial charge in [-0.1, -0.05) is 0 Å². The summed E-state index contributed by atoms with van der Waals surface area (Å²) in [5, 5.41) is 14.1. The van der Waals surface area contributed by atoms with Crippen LogP contribution in [0.5, 0.6) is 0 Å². The molecule has 0 unspecified atom stereocenters. The van der Waals surface area contributed by atoms with E-state index >= 15 is 0 Å². The number of hydrogen-bond acceptors (Lipinski definition) is 4. The fourth-order valence-electron chi connectivity index (χ4n) is 0.919. The zero-order valence-electron chi connectivity index (χ0n) is 6.70. The molecule has 0 aromatic carbocycles. The van der Waals surface area contributed by atoms with Crippen LogP contribution < -0.4 is 0 Å². The smallest absolute Gasteiger partial charge is 0.265 e. The quantitative estimate of drug-likeness (QED) is 0.754. The Labute approximate surface area is 79.1 Å². The highest BCUT2D eigenvalue weighted by atomic mass is 35.5. The maximum absolute atomic E-state index is 5.52. The number of aryl methyl sites for hydroxylation is 1. The minimum Gasteiger partial charge on any atom is -0.419 e. The van der Waals surface area contributed by atoms with Crippen LogP contribution in [0.3, 0.4) is 0 Å². The van der Waals surface area contributed by atoms with E-state index in [2.05, 4.69) is 20.4 Å². The molecule has 2 aromatic rings. The molecule has 0 amide bonds. The van der Waals surface area contributed by atoms with Crippen LogP contribution in [0.2, 0.25) is 0 Å². The van der Waals surface area contributed by atoms with Gasteiger partial charge >= 0.3 is 0 Å². The molecule has 0 aliphatic carbocycles. The first-order valence-corrected chi connectivity index (χ1v) is 4.31. The molecule has 68 valence electrons. The highest BCUT2D eigenvalue weighted by Gasteiger charge is 2.08. The van der Waals surface area contributed by atoms with Crippen molar-refractivity contribution in [2.24, 2.45) is 0 Å². The summed E-state index contributed by atoms with van der Waals surface area (Å²) in [5.41, 5.74) is 0.716. The van der Waals surface area contributed by atoms with E-state index in [0.29, 0.717) is 29.8 Å². The number of aromatic nitrogens is 4. The average Bonchev–Trinajstić information content (AvgIpc) is 2.70. The summed E-state index contributed by atoms with van der Waals surface area (Å²) in [6.07, 6.45) is 2.21. The lowest BCUT2D eigenvalue weighted by Gasteiger charge is -1.86. The van der Waals surface area contributed by atoms with Gasteiger partial charge in [-0.05, 0) is 6.07 Å².